The molecule has 6 heterocycles. The number of carbonyl (C=O) groups excluding carboxylic acids is 5. The Kier molecular flexibility index (Phi) is 12.3. The largest absolute Gasteiger partial charge is 0.478 e. The van der Waals surface area contributed by atoms with Crippen LogP contribution in [0.3, 0.4) is 0 Å². The van der Waals surface area contributed by atoms with Gasteiger partial charge >= 0.3 is 0 Å². The van der Waals surface area contributed by atoms with Crippen molar-refractivity contribution in [1.29, 1.82) is 0 Å². The van der Waals surface area contributed by atoms with Crippen molar-refractivity contribution in [3.8, 4) is 5.75 Å². The molecule has 2 aromatic carbocycles. The highest BCUT2D eigenvalue weighted by molar-refractivity contribution is 6.33. The Balaban J connectivity index is 0.765. The Hall–Kier alpha value is -6.05. The van der Waals surface area contributed by atoms with E-state index in [4.69, 9.17) is 26.1 Å². The Bertz CT molecular complexity index is 2690. The van der Waals surface area contributed by atoms with E-state index in [1.165, 1.54) is 25.2 Å². The van der Waals surface area contributed by atoms with Crippen molar-refractivity contribution in [1.82, 2.24) is 35.0 Å². The van der Waals surface area contributed by atoms with Crippen molar-refractivity contribution in [3.63, 3.8) is 0 Å². The van der Waals surface area contributed by atoms with Crippen LogP contribution in [-0.4, -0.2) is 124 Å². The molecule has 0 spiro atoms. The van der Waals surface area contributed by atoms with E-state index in [9.17, 15) is 28.8 Å². The summed E-state index contributed by atoms with van der Waals surface area (Å²) in [6, 6.07) is 10.0. The van der Waals surface area contributed by atoms with Crippen LogP contribution >= 0.6 is 11.6 Å². The summed E-state index contributed by atoms with van der Waals surface area (Å²) in [5.41, 5.74) is 1.35. The van der Waals surface area contributed by atoms with Gasteiger partial charge in [0.25, 0.3) is 29.2 Å². The second-order valence-corrected chi connectivity index (χ2v) is 18.3. The Morgan fingerprint density at radius 3 is 2.42 bits per heavy atom. The lowest BCUT2D eigenvalue weighted by molar-refractivity contribution is -0.136. The maximum Gasteiger partial charge on any atom is 0.293 e. The predicted molar refractivity (Wildman–Crippen MR) is 239 cm³/mol. The van der Waals surface area contributed by atoms with Crippen LogP contribution in [0.1, 0.15) is 97.0 Å². The Morgan fingerprint density at radius 2 is 1.71 bits per heavy atom. The standard InChI is InChI=1S/C46H50ClF2N9O8/c1-24(2)57-35-7-5-27(16-26(35)18-37(44(57)64)65-22-39(60)50-3)52-40-34(47)21-51-45(54-40)55-13-10-29(11-14-55)66-30-19-28(20-30)56-15-12-33(46(48,49)23-56)25-4-6-31-32(17-25)43(63)58(42(31)62)36-8-9-38(59)53-41(36)61/h4-7,16-18,21,24,28-30,33,36H,8-15,19-20,22-23H2,1-3H3,(H,50,60)(H,51,52,54)(H,53,59,61)/t28-,30-,33?,36?. The predicted octanol–water partition coefficient (Wildman–Crippen LogP) is 4.94. The number of carbonyl (C=O) groups is 5. The quantitative estimate of drug-likeness (QED) is 0.162. The summed E-state index contributed by atoms with van der Waals surface area (Å²) < 4.78 is 45.5. The van der Waals surface area contributed by atoms with Gasteiger partial charge in [-0.25, -0.2) is 13.8 Å². The number of hydrogen-bond acceptors (Lipinski definition) is 13. The van der Waals surface area contributed by atoms with Gasteiger partial charge < -0.3 is 29.6 Å². The van der Waals surface area contributed by atoms with Gasteiger partial charge in [0, 0.05) is 49.7 Å². The molecule has 4 aliphatic heterocycles. The molecule has 0 bridgehead atoms. The normalized spacial score (nSPS) is 23.5. The van der Waals surface area contributed by atoms with E-state index in [0.717, 1.165) is 17.7 Å². The molecule has 5 amide bonds. The van der Waals surface area contributed by atoms with E-state index >= 15 is 8.78 Å². The monoisotopic (exact) mass is 929 g/mol. The van der Waals surface area contributed by atoms with Crippen LogP contribution in [0.5, 0.6) is 5.75 Å². The smallest absolute Gasteiger partial charge is 0.293 e. The van der Waals surface area contributed by atoms with Gasteiger partial charge in [0.1, 0.15) is 11.1 Å². The number of halogens is 3. The number of amides is 5. The van der Waals surface area contributed by atoms with Crippen LogP contribution in [0.2, 0.25) is 5.02 Å². The molecule has 4 fully saturated rings. The van der Waals surface area contributed by atoms with Gasteiger partial charge in [-0.2, -0.15) is 4.98 Å². The third-order valence-electron chi connectivity index (χ3n) is 13.3. The van der Waals surface area contributed by atoms with Gasteiger partial charge in [0.15, 0.2) is 18.2 Å². The molecule has 1 saturated carbocycles. The number of piperidine rings is 3. The Labute approximate surface area is 383 Å². The highest BCUT2D eigenvalue weighted by Gasteiger charge is 2.50. The Morgan fingerprint density at radius 1 is 0.955 bits per heavy atom. The third-order valence-corrected chi connectivity index (χ3v) is 13.6. The van der Waals surface area contributed by atoms with Crippen molar-refractivity contribution in [2.24, 2.45) is 0 Å². The first kappa shape index (κ1) is 45.1. The number of imide groups is 2. The zero-order valence-corrected chi connectivity index (χ0v) is 37.4. The van der Waals surface area contributed by atoms with Crippen molar-refractivity contribution in [2.45, 2.75) is 101 Å². The van der Waals surface area contributed by atoms with E-state index in [0.29, 0.717) is 65.9 Å². The van der Waals surface area contributed by atoms with Crippen LogP contribution in [-0.2, 0) is 19.1 Å². The van der Waals surface area contributed by atoms with Gasteiger partial charge in [0.05, 0.1) is 47.5 Å². The van der Waals surface area contributed by atoms with E-state index in [1.807, 2.05) is 36.9 Å². The number of hydrogen-bond donors (Lipinski definition) is 3. The van der Waals surface area contributed by atoms with Gasteiger partial charge in [0.2, 0.25) is 17.8 Å². The molecule has 3 N–H and O–H groups in total. The first-order valence-corrected chi connectivity index (χ1v) is 22.7. The number of likely N-dealkylation sites (tertiary alicyclic amines) is 1. The first-order valence-electron chi connectivity index (χ1n) is 22.3. The molecular weight excluding hydrogens is 880 g/mol. The number of likely N-dealkylation sites (N-methyl/N-ethyl adjacent to an activating group) is 1. The summed E-state index contributed by atoms with van der Waals surface area (Å²) in [7, 11) is 1.49. The number of nitrogens with one attached hydrogen (secondary N) is 3. The number of benzene rings is 2. The maximum absolute atomic E-state index is 15.9. The minimum Gasteiger partial charge on any atom is -0.478 e. The molecule has 66 heavy (non-hydrogen) atoms. The third kappa shape index (κ3) is 8.70. The lowest BCUT2D eigenvalue weighted by Crippen LogP contribution is -2.56. The molecule has 2 atom stereocenters. The zero-order valence-electron chi connectivity index (χ0n) is 36.7. The van der Waals surface area contributed by atoms with E-state index in [2.05, 4.69) is 25.8 Å². The SMILES string of the molecule is CNC(=O)COc1cc2cc(Nc3nc(N4CCC(O[C@H]5C[C@H](N6CCC(c7ccc8c(c7)C(=O)N(C7CCC(=O)NC7=O)C8=O)C(F)(F)C6)C5)CC4)ncc3Cl)ccc2n(C(C)C)c1=O. The molecule has 9 rings (SSSR count). The highest BCUT2D eigenvalue weighted by Crippen LogP contribution is 2.44. The molecule has 4 aromatic rings. The average molecular weight is 930 g/mol. The highest BCUT2D eigenvalue weighted by atomic mass is 35.5. The summed E-state index contributed by atoms with van der Waals surface area (Å²) in [4.78, 5) is 89.7. The number of aromatic nitrogens is 3. The minimum atomic E-state index is -3.09. The van der Waals surface area contributed by atoms with Gasteiger partial charge in [-0.1, -0.05) is 17.7 Å². The molecule has 348 valence electrons. The van der Waals surface area contributed by atoms with Crippen molar-refractivity contribution in [3.05, 3.63) is 80.7 Å². The molecule has 1 aliphatic carbocycles. The van der Waals surface area contributed by atoms with E-state index in [-0.39, 0.29) is 84.1 Å². The summed E-state index contributed by atoms with van der Waals surface area (Å²) >= 11 is 6.57. The number of fused-ring (bicyclic) bond motifs is 2. The topological polar surface area (TPSA) is 197 Å². The lowest BCUT2D eigenvalue weighted by atomic mass is 9.81. The van der Waals surface area contributed by atoms with Gasteiger partial charge in [-0.05, 0) is 101 Å². The average Bonchev–Trinajstić information content (AvgIpc) is 3.51. The number of rotatable bonds is 12. The number of ether oxygens (including phenoxy) is 2. The molecular formula is C46H50ClF2N9O8. The second-order valence-electron chi connectivity index (χ2n) is 17.9. The molecule has 2 unspecified atom stereocenters. The van der Waals surface area contributed by atoms with Crippen LogP contribution < -0.4 is 31.1 Å². The van der Waals surface area contributed by atoms with Gasteiger partial charge in [-0.15, -0.1) is 0 Å². The molecule has 3 saturated heterocycles. The molecule has 5 aliphatic rings. The van der Waals surface area contributed by atoms with E-state index in [1.54, 1.807) is 16.8 Å². The van der Waals surface area contributed by atoms with Crippen molar-refractivity contribution >= 4 is 69.5 Å². The fourth-order valence-corrected chi connectivity index (χ4v) is 9.91. The summed E-state index contributed by atoms with van der Waals surface area (Å²) in [6.07, 6.45) is 4.42. The minimum absolute atomic E-state index is 0.00403. The number of pyridine rings is 1. The number of alkyl halides is 2. The fourth-order valence-electron chi connectivity index (χ4n) is 9.77. The summed E-state index contributed by atoms with van der Waals surface area (Å²) in [6.45, 7) is 4.79. The molecule has 0 radical (unpaired) electrons. The van der Waals surface area contributed by atoms with Crippen LogP contribution in [0.25, 0.3) is 10.9 Å². The lowest BCUT2D eigenvalue weighted by Gasteiger charge is -2.48. The van der Waals surface area contributed by atoms with Crippen LogP contribution in [0, 0.1) is 0 Å². The molecule has 20 heteroatoms. The fraction of sp³-hybridized carbons (Fsp3) is 0.478. The van der Waals surface area contributed by atoms with Crippen molar-refractivity contribution in [2.75, 3.05) is 50.1 Å². The van der Waals surface area contributed by atoms with Crippen LogP contribution in [0.15, 0.2) is 53.5 Å². The van der Waals surface area contributed by atoms with E-state index < -0.39 is 48.1 Å². The number of anilines is 3. The second kappa shape index (κ2) is 18.0. The number of nitrogens with zero attached hydrogens (tertiary/aromatic N) is 6. The van der Waals surface area contributed by atoms with Gasteiger partial charge in [-0.3, -0.25) is 43.9 Å². The summed E-state index contributed by atoms with van der Waals surface area (Å²) in [5, 5.41) is 8.96. The molecule has 2 aromatic heterocycles. The molecule has 17 nitrogen and oxygen atoms in total. The zero-order chi connectivity index (χ0) is 46.6. The van der Waals surface area contributed by atoms with Crippen molar-refractivity contribution < 1.29 is 42.2 Å². The summed E-state index contributed by atoms with van der Waals surface area (Å²) in [5.74, 6) is -6.24. The van der Waals surface area contributed by atoms with Crippen LogP contribution in [0.4, 0.5) is 26.2 Å². The first-order chi connectivity index (χ1) is 31.6. The maximum atomic E-state index is 15.9.